The van der Waals surface area contributed by atoms with Gasteiger partial charge in [0.1, 0.15) is 5.75 Å². The summed E-state index contributed by atoms with van der Waals surface area (Å²) < 4.78 is 10.4. The molecule has 1 aliphatic heterocycles. The molecule has 1 fully saturated rings. The normalized spacial score (nSPS) is 14.0. The minimum Gasteiger partial charge on any atom is -0.494 e. The lowest BCUT2D eigenvalue weighted by Crippen LogP contribution is -2.50. The number of hydrogen-bond acceptors (Lipinski definition) is 5. The molecular formula is C20H23N3O4. The second-order valence-electron chi connectivity index (χ2n) is 6.13. The molecule has 0 radical (unpaired) electrons. The van der Waals surface area contributed by atoms with E-state index in [4.69, 9.17) is 9.47 Å². The lowest BCUT2D eigenvalue weighted by Gasteiger charge is -2.34. The van der Waals surface area contributed by atoms with Crippen LogP contribution in [0.5, 0.6) is 5.75 Å². The summed E-state index contributed by atoms with van der Waals surface area (Å²) in [6.45, 7) is 4.05. The molecule has 2 amide bonds. The van der Waals surface area contributed by atoms with Crippen molar-refractivity contribution in [1.29, 1.82) is 0 Å². The third-order valence-electron chi connectivity index (χ3n) is 4.52. The van der Waals surface area contributed by atoms with E-state index in [1.807, 2.05) is 24.3 Å². The standard InChI is InChI=1S/C20H23N3O4/c1-3-27-20(25)23-11-9-22(10-12-23)19(24)16-6-4-5-15(13-16)17-7-8-21-14-18(17)26-2/h4-8,13-14H,3,9-12H2,1-2H3. The van der Waals surface area contributed by atoms with E-state index in [9.17, 15) is 9.59 Å². The molecule has 0 spiro atoms. The first-order valence-corrected chi connectivity index (χ1v) is 8.93. The molecule has 0 atom stereocenters. The number of nitrogens with zero attached hydrogens (tertiary/aromatic N) is 3. The largest absolute Gasteiger partial charge is 0.494 e. The number of ether oxygens (including phenoxy) is 2. The number of pyridine rings is 1. The monoisotopic (exact) mass is 369 g/mol. The Balaban J connectivity index is 1.72. The highest BCUT2D eigenvalue weighted by atomic mass is 16.6. The fourth-order valence-electron chi connectivity index (χ4n) is 3.09. The molecule has 2 heterocycles. The Morgan fingerprint density at radius 2 is 1.85 bits per heavy atom. The van der Waals surface area contributed by atoms with Crippen molar-refractivity contribution in [2.75, 3.05) is 39.9 Å². The summed E-state index contributed by atoms with van der Waals surface area (Å²) in [6, 6.07) is 9.32. The Hall–Kier alpha value is -3.09. The van der Waals surface area contributed by atoms with Gasteiger partial charge >= 0.3 is 6.09 Å². The van der Waals surface area contributed by atoms with Gasteiger partial charge in [0, 0.05) is 43.5 Å². The number of aromatic nitrogens is 1. The fraction of sp³-hybridized carbons (Fsp3) is 0.350. The lowest BCUT2D eigenvalue weighted by atomic mass is 10.0. The van der Waals surface area contributed by atoms with Gasteiger partial charge in [0.15, 0.2) is 0 Å². The molecule has 0 aliphatic carbocycles. The Bertz CT molecular complexity index is 816. The molecule has 0 bridgehead atoms. The van der Waals surface area contributed by atoms with Crippen LogP contribution in [0.3, 0.4) is 0 Å². The Kier molecular flexibility index (Phi) is 5.90. The SMILES string of the molecule is CCOC(=O)N1CCN(C(=O)c2cccc(-c3ccncc3OC)c2)CC1. The first-order valence-electron chi connectivity index (χ1n) is 8.93. The smallest absolute Gasteiger partial charge is 0.409 e. The summed E-state index contributed by atoms with van der Waals surface area (Å²) in [5.41, 5.74) is 2.38. The van der Waals surface area contributed by atoms with Crippen molar-refractivity contribution >= 4 is 12.0 Å². The van der Waals surface area contributed by atoms with Gasteiger partial charge in [0.2, 0.25) is 0 Å². The highest BCUT2D eigenvalue weighted by Crippen LogP contribution is 2.29. The van der Waals surface area contributed by atoms with Crippen molar-refractivity contribution in [3.05, 3.63) is 48.3 Å². The zero-order valence-electron chi connectivity index (χ0n) is 15.6. The minimum atomic E-state index is -0.323. The summed E-state index contributed by atoms with van der Waals surface area (Å²) in [5.74, 6) is 0.610. The van der Waals surface area contributed by atoms with Crippen LogP contribution in [0, 0.1) is 0 Å². The van der Waals surface area contributed by atoms with Crippen molar-refractivity contribution in [3.8, 4) is 16.9 Å². The molecular weight excluding hydrogens is 346 g/mol. The topological polar surface area (TPSA) is 72.0 Å². The van der Waals surface area contributed by atoms with Gasteiger partial charge in [-0.1, -0.05) is 12.1 Å². The second-order valence-corrected chi connectivity index (χ2v) is 6.13. The molecule has 0 saturated carbocycles. The second kappa shape index (κ2) is 8.53. The minimum absolute atomic E-state index is 0.0478. The molecule has 2 aromatic rings. The van der Waals surface area contributed by atoms with E-state index in [0.29, 0.717) is 44.1 Å². The maximum absolute atomic E-state index is 12.9. The van der Waals surface area contributed by atoms with E-state index in [0.717, 1.165) is 11.1 Å². The van der Waals surface area contributed by atoms with Crippen molar-refractivity contribution < 1.29 is 19.1 Å². The molecule has 1 aliphatic rings. The molecule has 7 heteroatoms. The number of amides is 2. The third kappa shape index (κ3) is 4.19. The van der Waals surface area contributed by atoms with Crippen LogP contribution in [0.1, 0.15) is 17.3 Å². The van der Waals surface area contributed by atoms with Crippen LogP contribution in [0.4, 0.5) is 4.79 Å². The van der Waals surface area contributed by atoms with Crippen molar-refractivity contribution in [2.24, 2.45) is 0 Å². The Morgan fingerprint density at radius 1 is 1.11 bits per heavy atom. The zero-order chi connectivity index (χ0) is 19.2. The van der Waals surface area contributed by atoms with Crippen LogP contribution >= 0.6 is 0 Å². The average Bonchev–Trinajstić information content (AvgIpc) is 2.73. The molecule has 3 rings (SSSR count). The van der Waals surface area contributed by atoms with Gasteiger partial charge in [0.05, 0.1) is 19.9 Å². The first-order chi connectivity index (χ1) is 13.1. The average molecular weight is 369 g/mol. The number of benzene rings is 1. The summed E-state index contributed by atoms with van der Waals surface area (Å²) >= 11 is 0. The molecule has 27 heavy (non-hydrogen) atoms. The van der Waals surface area contributed by atoms with E-state index in [-0.39, 0.29) is 12.0 Å². The number of rotatable bonds is 4. The number of carbonyl (C=O) groups is 2. The van der Waals surface area contributed by atoms with Crippen molar-refractivity contribution in [1.82, 2.24) is 14.8 Å². The van der Waals surface area contributed by atoms with Crippen molar-refractivity contribution in [3.63, 3.8) is 0 Å². The number of carbonyl (C=O) groups excluding carboxylic acids is 2. The first kappa shape index (κ1) is 18.7. The maximum atomic E-state index is 12.9. The van der Waals surface area contributed by atoms with E-state index in [2.05, 4.69) is 4.98 Å². The predicted octanol–water partition coefficient (Wildman–Crippen LogP) is 2.67. The summed E-state index contributed by atoms with van der Waals surface area (Å²) in [6.07, 6.45) is 3.02. The van der Waals surface area contributed by atoms with Gasteiger partial charge < -0.3 is 19.3 Å². The quantitative estimate of drug-likeness (QED) is 0.829. The van der Waals surface area contributed by atoms with Crippen LogP contribution in [-0.2, 0) is 4.74 Å². The van der Waals surface area contributed by atoms with Gasteiger partial charge in [-0.05, 0) is 30.7 Å². The molecule has 142 valence electrons. The van der Waals surface area contributed by atoms with E-state index in [1.165, 1.54) is 0 Å². The zero-order valence-corrected chi connectivity index (χ0v) is 15.6. The third-order valence-corrected chi connectivity index (χ3v) is 4.52. The predicted molar refractivity (Wildman–Crippen MR) is 101 cm³/mol. The molecule has 0 N–H and O–H groups in total. The van der Waals surface area contributed by atoms with Gasteiger partial charge in [-0.25, -0.2) is 4.79 Å². The summed E-state index contributed by atoms with van der Waals surface area (Å²) in [4.78, 5) is 32.1. The molecule has 7 nitrogen and oxygen atoms in total. The van der Waals surface area contributed by atoms with Gasteiger partial charge in [-0.15, -0.1) is 0 Å². The molecule has 1 saturated heterocycles. The highest BCUT2D eigenvalue weighted by molar-refractivity contribution is 5.95. The van der Waals surface area contributed by atoms with Crippen LogP contribution in [0.2, 0.25) is 0 Å². The number of piperazine rings is 1. The van der Waals surface area contributed by atoms with Gasteiger partial charge in [-0.3, -0.25) is 9.78 Å². The number of methoxy groups -OCH3 is 1. The van der Waals surface area contributed by atoms with Crippen LogP contribution < -0.4 is 4.74 Å². The van der Waals surface area contributed by atoms with Crippen molar-refractivity contribution in [2.45, 2.75) is 6.92 Å². The molecule has 1 aromatic carbocycles. The van der Waals surface area contributed by atoms with E-state index >= 15 is 0 Å². The molecule has 0 unspecified atom stereocenters. The van der Waals surface area contributed by atoms with Crippen LogP contribution in [0.15, 0.2) is 42.7 Å². The summed E-state index contributed by atoms with van der Waals surface area (Å²) in [7, 11) is 1.60. The Labute approximate surface area is 158 Å². The fourth-order valence-corrected chi connectivity index (χ4v) is 3.09. The highest BCUT2D eigenvalue weighted by Gasteiger charge is 2.25. The number of hydrogen-bond donors (Lipinski definition) is 0. The van der Waals surface area contributed by atoms with E-state index in [1.54, 1.807) is 42.3 Å². The van der Waals surface area contributed by atoms with Crippen LogP contribution in [0.25, 0.3) is 11.1 Å². The summed E-state index contributed by atoms with van der Waals surface area (Å²) in [5, 5.41) is 0. The lowest BCUT2D eigenvalue weighted by molar-refractivity contribution is 0.0570. The molecule has 1 aromatic heterocycles. The van der Waals surface area contributed by atoms with Gasteiger partial charge in [-0.2, -0.15) is 0 Å². The van der Waals surface area contributed by atoms with Gasteiger partial charge in [0.25, 0.3) is 5.91 Å². The van der Waals surface area contributed by atoms with Crippen LogP contribution in [-0.4, -0.2) is 66.7 Å². The Morgan fingerprint density at radius 3 is 2.56 bits per heavy atom. The van der Waals surface area contributed by atoms with E-state index < -0.39 is 0 Å². The maximum Gasteiger partial charge on any atom is 0.409 e.